The predicted molar refractivity (Wildman–Crippen MR) is 92.6 cm³/mol. The van der Waals surface area contributed by atoms with Gasteiger partial charge in [0.15, 0.2) is 11.6 Å². The smallest absolute Gasteiger partial charge is 0.238 e. The van der Waals surface area contributed by atoms with Gasteiger partial charge in [0.2, 0.25) is 11.8 Å². The van der Waals surface area contributed by atoms with Crippen LogP contribution in [0.3, 0.4) is 0 Å². The topological polar surface area (TPSA) is 61.4 Å². The van der Waals surface area contributed by atoms with Crippen molar-refractivity contribution >= 4 is 34.8 Å². The van der Waals surface area contributed by atoms with Gasteiger partial charge in [0.25, 0.3) is 0 Å². The molecule has 132 valence electrons. The summed E-state index contributed by atoms with van der Waals surface area (Å²) >= 11 is 5.84. The molecule has 5 nitrogen and oxygen atoms in total. The number of rotatable bonds is 6. The molecule has 2 rings (SSSR count). The SMILES string of the molecule is CN(CC(=O)Nc1cccc(Cl)c1)CC(=O)Nc1ccc(F)c(F)c1. The Morgan fingerprint density at radius 1 is 0.960 bits per heavy atom. The van der Waals surface area contributed by atoms with Gasteiger partial charge in [-0.05, 0) is 37.4 Å². The van der Waals surface area contributed by atoms with Crippen LogP contribution in [0.1, 0.15) is 0 Å². The van der Waals surface area contributed by atoms with Gasteiger partial charge >= 0.3 is 0 Å². The van der Waals surface area contributed by atoms with Crippen LogP contribution in [0, 0.1) is 11.6 Å². The lowest BCUT2D eigenvalue weighted by atomic mass is 10.3. The normalized spacial score (nSPS) is 10.6. The second-order valence-electron chi connectivity index (χ2n) is 5.41. The van der Waals surface area contributed by atoms with E-state index in [-0.39, 0.29) is 24.7 Å². The number of carbonyl (C=O) groups excluding carboxylic acids is 2. The van der Waals surface area contributed by atoms with Gasteiger partial charge in [-0.2, -0.15) is 0 Å². The highest BCUT2D eigenvalue weighted by Gasteiger charge is 2.12. The van der Waals surface area contributed by atoms with Crippen LogP contribution in [0.5, 0.6) is 0 Å². The fourth-order valence-corrected chi connectivity index (χ4v) is 2.28. The minimum absolute atomic E-state index is 0.0300. The monoisotopic (exact) mass is 367 g/mol. The molecule has 0 saturated carbocycles. The largest absolute Gasteiger partial charge is 0.325 e. The number of likely N-dealkylation sites (N-methyl/N-ethyl adjacent to an activating group) is 1. The molecule has 0 heterocycles. The second-order valence-corrected chi connectivity index (χ2v) is 5.84. The van der Waals surface area contributed by atoms with Gasteiger partial charge in [0.1, 0.15) is 0 Å². The maximum atomic E-state index is 13.1. The molecule has 2 N–H and O–H groups in total. The zero-order chi connectivity index (χ0) is 18.4. The van der Waals surface area contributed by atoms with Crippen molar-refractivity contribution in [2.75, 3.05) is 30.8 Å². The quantitative estimate of drug-likeness (QED) is 0.824. The fraction of sp³-hybridized carbons (Fsp3) is 0.176. The Morgan fingerprint density at radius 3 is 2.12 bits per heavy atom. The lowest BCUT2D eigenvalue weighted by Gasteiger charge is -2.16. The molecule has 0 spiro atoms. The third-order valence-electron chi connectivity index (χ3n) is 3.14. The molecule has 0 aliphatic rings. The summed E-state index contributed by atoms with van der Waals surface area (Å²) in [5.41, 5.74) is 0.692. The first-order valence-corrected chi connectivity index (χ1v) is 7.70. The van der Waals surface area contributed by atoms with Crippen LogP contribution >= 0.6 is 11.6 Å². The Hall–Kier alpha value is -2.51. The molecule has 25 heavy (non-hydrogen) atoms. The first-order chi connectivity index (χ1) is 11.8. The molecule has 0 radical (unpaired) electrons. The molecular weight excluding hydrogens is 352 g/mol. The summed E-state index contributed by atoms with van der Waals surface area (Å²) in [5, 5.41) is 5.59. The minimum atomic E-state index is -1.05. The van der Waals surface area contributed by atoms with E-state index in [1.54, 1.807) is 31.3 Å². The van der Waals surface area contributed by atoms with Gasteiger partial charge in [-0.25, -0.2) is 8.78 Å². The second kappa shape index (κ2) is 8.55. The van der Waals surface area contributed by atoms with Crippen molar-refractivity contribution in [3.05, 3.63) is 59.1 Å². The lowest BCUT2D eigenvalue weighted by molar-refractivity contribution is -0.119. The summed E-state index contributed by atoms with van der Waals surface area (Å²) in [6, 6.07) is 9.76. The number of nitrogens with zero attached hydrogens (tertiary/aromatic N) is 1. The van der Waals surface area contributed by atoms with E-state index in [0.717, 1.165) is 12.1 Å². The van der Waals surface area contributed by atoms with Crippen molar-refractivity contribution < 1.29 is 18.4 Å². The summed E-state index contributed by atoms with van der Waals surface area (Å²) in [5.74, 6) is -2.81. The predicted octanol–water partition coefficient (Wildman–Crippen LogP) is 3.13. The molecule has 0 aliphatic carbocycles. The Balaban J connectivity index is 1.82. The molecule has 2 aromatic rings. The Kier molecular flexibility index (Phi) is 6.44. The standard InChI is InChI=1S/C17H16ClF2N3O2/c1-23(9-16(24)21-12-4-2-3-11(18)7-12)10-17(25)22-13-5-6-14(19)15(20)8-13/h2-8H,9-10H2,1H3,(H,21,24)(H,22,25). The van der Waals surface area contributed by atoms with E-state index in [2.05, 4.69) is 10.6 Å². The average molecular weight is 368 g/mol. The molecule has 0 aliphatic heterocycles. The summed E-state index contributed by atoms with van der Waals surface area (Å²) in [7, 11) is 1.59. The number of carbonyl (C=O) groups is 2. The summed E-state index contributed by atoms with van der Waals surface area (Å²) in [6.45, 7) is -0.125. The van der Waals surface area contributed by atoms with Crippen molar-refractivity contribution in [3.63, 3.8) is 0 Å². The Morgan fingerprint density at radius 2 is 1.56 bits per heavy atom. The van der Waals surface area contributed by atoms with Crippen molar-refractivity contribution in [2.24, 2.45) is 0 Å². The Bertz CT molecular complexity index is 786. The van der Waals surface area contributed by atoms with E-state index >= 15 is 0 Å². The van der Waals surface area contributed by atoms with Crippen molar-refractivity contribution in [1.82, 2.24) is 4.90 Å². The van der Waals surface area contributed by atoms with Gasteiger partial charge in [-0.3, -0.25) is 14.5 Å². The van der Waals surface area contributed by atoms with E-state index < -0.39 is 17.5 Å². The lowest BCUT2D eigenvalue weighted by Crippen LogP contribution is -2.36. The molecule has 8 heteroatoms. The van der Waals surface area contributed by atoms with Crippen molar-refractivity contribution in [3.8, 4) is 0 Å². The maximum Gasteiger partial charge on any atom is 0.238 e. The van der Waals surface area contributed by atoms with E-state index in [0.29, 0.717) is 10.7 Å². The highest BCUT2D eigenvalue weighted by atomic mass is 35.5. The number of amides is 2. The maximum absolute atomic E-state index is 13.1. The van der Waals surface area contributed by atoms with E-state index in [1.807, 2.05) is 0 Å². The molecule has 2 aromatic carbocycles. The average Bonchev–Trinajstić information content (AvgIpc) is 2.50. The van der Waals surface area contributed by atoms with Crippen molar-refractivity contribution in [1.29, 1.82) is 0 Å². The third-order valence-corrected chi connectivity index (χ3v) is 3.37. The van der Waals surface area contributed by atoms with Crippen LogP contribution < -0.4 is 10.6 Å². The van der Waals surface area contributed by atoms with Crippen LogP contribution in [-0.4, -0.2) is 36.9 Å². The Labute approximate surface area is 148 Å². The molecular formula is C17H16ClF2N3O2. The van der Waals surface area contributed by atoms with Crippen LogP contribution in [0.15, 0.2) is 42.5 Å². The van der Waals surface area contributed by atoms with Crippen LogP contribution in [0.25, 0.3) is 0 Å². The molecule has 2 amide bonds. The third kappa shape index (κ3) is 6.13. The molecule has 0 atom stereocenters. The fourth-order valence-electron chi connectivity index (χ4n) is 2.09. The van der Waals surface area contributed by atoms with Crippen molar-refractivity contribution in [2.45, 2.75) is 0 Å². The first kappa shape index (κ1) is 18.8. The highest BCUT2D eigenvalue weighted by molar-refractivity contribution is 6.30. The van der Waals surface area contributed by atoms with Crippen LogP contribution in [-0.2, 0) is 9.59 Å². The number of nitrogens with one attached hydrogen (secondary N) is 2. The number of anilines is 2. The van der Waals surface area contributed by atoms with E-state index in [9.17, 15) is 18.4 Å². The highest BCUT2D eigenvalue weighted by Crippen LogP contribution is 2.15. The van der Waals surface area contributed by atoms with Gasteiger partial charge in [-0.1, -0.05) is 17.7 Å². The zero-order valence-corrected chi connectivity index (χ0v) is 14.1. The zero-order valence-electron chi connectivity index (χ0n) is 13.4. The molecule has 0 unspecified atom stereocenters. The minimum Gasteiger partial charge on any atom is -0.325 e. The number of halogens is 3. The van der Waals surface area contributed by atoms with Crippen LogP contribution in [0.4, 0.5) is 20.2 Å². The van der Waals surface area contributed by atoms with E-state index in [1.165, 1.54) is 11.0 Å². The van der Waals surface area contributed by atoms with Gasteiger partial charge in [0, 0.05) is 22.5 Å². The summed E-state index contributed by atoms with van der Waals surface area (Å²) in [6.07, 6.45) is 0. The van der Waals surface area contributed by atoms with Gasteiger partial charge in [-0.15, -0.1) is 0 Å². The molecule has 0 aromatic heterocycles. The molecule has 0 bridgehead atoms. The van der Waals surface area contributed by atoms with E-state index in [4.69, 9.17) is 11.6 Å². The van der Waals surface area contributed by atoms with Gasteiger partial charge < -0.3 is 10.6 Å². The molecule has 0 saturated heterocycles. The first-order valence-electron chi connectivity index (χ1n) is 7.32. The van der Waals surface area contributed by atoms with Gasteiger partial charge in [0.05, 0.1) is 13.1 Å². The van der Waals surface area contributed by atoms with Crippen LogP contribution in [0.2, 0.25) is 5.02 Å². The summed E-state index contributed by atoms with van der Waals surface area (Å²) in [4.78, 5) is 25.3. The number of benzene rings is 2. The number of hydrogen-bond acceptors (Lipinski definition) is 3. The molecule has 0 fully saturated rings. The summed E-state index contributed by atoms with van der Waals surface area (Å²) < 4.78 is 25.9. The number of hydrogen-bond donors (Lipinski definition) is 2.